The number of hydrogen-bond acceptors (Lipinski definition) is 4. The van der Waals surface area contributed by atoms with Crippen molar-refractivity contribution in [1.82, 2.24) is 14.7 Å². The zero-order valence-electron chi connectivity index (χ0n) is 16.7. The van der Waals surface area contributed by atoms with E-state index >= 15 is 0 Å². The minimum Gasteiger partial charge on any atom is -0.339 e. The summed E-state index contributed by atoms with van der Waals surface area (Å²) in [4.78, 5) is 27.3. The van der Waals surface area contributed by atoms with Crippen LogP contribution in [0.3, 0.4) is 0 Å². The van der Waals surface area contributed by atoms with E-state index in [0.29, 0.717) is 22.0 Å². The van der Waals surface area contributed by atoms with Crippen LogP contribution in [0.2, 0.25) is 0 Å². The van der Waals surface area contributed by atoms with Crippen LogP contribution in [0, 0.1) is 5.82 Å². The van der Waals surface area contributed by atoms with Crippen molar-refractivity contribution in [2.75, 3.05) is 19.4 Å². The number of thioether (sulfide) groups is 1. The number of halogens is 1. The maximum absolute atomic E-state index is 14.3. The van der Waals surface area contributed by atoms with Crippen molar-refractivity contribution in [3.05, 3.63) is 71.3 Å². The van der Waals surface area contributed by atoms with Crippen molar-refractivity contribution in [3.63, 3.8) is 0 Å². The predicted octanol–water partition coefficient (Wildman–Crippen LogP) is 4.53. The van der Waals surface area contributed by atoms with Crippen molar-refractivity contribution in [2.24, 2.45) is 0 Å². The Bertz CT molecular complexity index is 1130. The molecule has 30 heavy (non-hydrogen) atoms. The number of carbonyl (C=O) groups is 2. The molecular formula is C22H21FN4O2S. The van der Waals surface area contributed by atoms with Crippen LogP contribution in [0.25, 0.3) is 5.69 Å². The molecule has 4 rings (SSSR count). The number of amides is 2. The van der Waals surface area contributed by atoms with Gasteiger partial charge in [-0.25, -0.2) is 9.07 Å². The van der Waals surface area contributed by atoms with Crippen molar-refractivity contribution in [1.29, 1.82) is 0 Å². The van der Waals surface area contributed by atoms with Crippen molar-refractivity contribution in [2.45, 2.75) is 24.2 Å². The first kappa shape index (κ1) is 20.2. The monoisotopic (exact) mass is 424 g/mol. The lowest BCUT2D eigenvalue weighted by Gasteiger charge is -2.13. The SMILES string of the molecule is CN(C)C(=O)Sc1ccccc1NC(=O)c1nn(-c2ccccc2F)c2c1CCC2. The average molecular weight is 425 g/mol. The molecule has 0 unspecified atom stereocenters. The molecule has 3 aromatic rings. The molecule has 2 aromatic carbocycles. The van der Waals surface area contributed by atoms with Gasteiger partial charge in [0.1, 0.15) is 11.5 Å². The summed E-state index contributed by atoms with van der Waals surface area (Å²) < 4.78 is 15.9. The van der Waals surface area contributed by atoms with Gasteiger partial charge in [0.2, 0.25) is 0 Å². The summed E-state index contributed by atoms with van der Waals surface area (Å²) in [6.07, 6.45) is 2.36. The molecule has 1 aliphatic rings. The highest BCUT2D eigenvalue weighted by atomic mass is 32.2. The number of nitrogens with one attached hydrogen (secondary N) is 1. The Morgan fingerprint density at radius 2 is 1.83 bits per heavy atom. The van der Waals surface area contributed by atoms with Crippen LogP contribution in [0.5, 0.6) is 0 Å². The summed E-state index contributed by atoms with van der Waals surface area (Å²) in [5.74, 6) is -0.751. The van der Waals surface area contributed by atoms with Gasteiger partial charge in [-0.05, 0) is 55.3 Å². The summed E-state index contributed by atoms with van der Waals surface area (Å²) in [5, 5.41) is 7.20. The second kappa shape index (κ2) is 8.31. The van der Waals surface area contributed by atoms with Crippen LogP contribution < -0.4 is 5.32 Å². The van der Waals surface area contributed by atoms with Crippen molar-refractivity contribution < 1.29 is 14.0 Å². The van der Waals surface area contributed by atoms with E-state index in [4.69, 9.17) is 0 Å². The molecule has 0 spiro atoms. The summed E-state index contributed by atoms with van der Waals surface area (Å²) >= 11 is 1.04. The highest BCUT2D eigenvalue weighted by Crippen LogP contribution is 2.31. The number of carbonyl (C=O) groups excluding carboxylic acids is 2. The number of fused-ring (bicyclic) bond motifs is 1. The fraction of sp³-hybridized carbons (Fsp3) is 0.227. The molecule has 0 fully saturated rings. The minimum atomic E-state index is -0.384. The van der Waals surface area contributed by atoms with E-state index in [1.165, 1.54) is 11.0 Å². The Labute approximate surface area is 178 Å². The van der Waals surface area contributed by atoms with Crippen LogP contribution in [-0.2, 0) is 12.8 Å². The maximum Gasteiger partial charge on any atom is 0.286 e. The molecule has 0 saturated carbocycles. The normalized spacial score (nSPS) is 12.5. The molecule has 0 radical (unpaired) electrons. The molecule has 154 valence electrons. The van der Waals surface area contributed by atoms with Crippen molar-refractivity contribution >= 4 is 28.6 Å². The zero-order chi connectivity index (χ0) is 21.3. The molecule has 0 aliphatic heterocycles. The fourth-order valence-electron chi connectivity index (χ4n) is 3.47. The molecular weight excluding hydrogens is 403 g/mol. The third-order valence-corrected chi connectivity index (χ3v) is 6.04. The molecule has 1 heterocycles. The number of aromatic nitrogens is 2. The molecule has 8 heteroatoms. The predicted molar refractivity (Wildman–Crippen MR) is 115 cm³/mol. The van der Waals surface area contributed by atoms with Gasteiger partial charge < -0.3 is 10.2 Å². The van der Waals surface area contributed by atoms with Gasteiger partial charge in [-0.15, -0.1) is 0 Å². The zero-order valence-corrected chi connectivity index (χ0v) is 17.5. The largest absolute Gasteiger partial charge is 0.339 e. The average Bonchev–Trinajstić information content (AvgIpc) is 3.32. The van der Waals surface area contributed by atoms with Crippen LogP contribution in [0.4, 0.5) is 14.9 Å². The van der Waals surface area contributed by atoms with Gasteiger partial charge >= 0.3 is 0 Å². The highest BCUT2D eigenvalue weighted by molar-refractivity contribution is 8.13. The van der Waals surface area contributed by atoms with E-state index < -0.39 is 0 Å². The van der Waals surface area contributed by atoms with Gasteiger partial charge in [0, 0.05) is 30.2 Å². The summed E-state index contributed by atoms with van der Waals surface area (Å²) in [5.41, 5.74) is 2.89. The van der Waals surface area contributed by atoms with Crippen LogP contribution in [-0.4, -0.2) is 39.9 Å². The van der Waals surface area contributed by atoms with Gasteiger partial charge in [-0.3, -0.25) is 9.59 Å². The smallest absolute Gasteiger partial charge is 0.286 e. The Balaban J connectivity index is 1.66. The minimum absolute atomic E-state index is 0.138. The van der Waals surface area contributed by atoms with Crippen LogP contribution >= 0.6 is 11.8 Å². The molecule has 0 saturated heterocycles. The number of hydrogen-bond donors (Lipinski definition) is 1. The molecule has 2 amide bonds. The number of rotatable bonds is 4. The van der Waals surface area contributed by atoms with Gasteiger partial charge in [0.05, 0.1) is 5.69 Å². The third-order valence-electron chi connectivity index (χ3n) is 4.92. The number of anilines is 1. The topological polar surface area (TPSA) is 67.2 Å². The summed E-state index contributed by atoms with van der Waals surface area (Å²) in [6.45, 7) is 0. The third kappa shape index (κ3) is 3.82. The summed E-state index contributed by atoms with van der Waals surface area (Å²) in [7, 11) is 3.35. The van der Waals surface area contributed by atoms with Crippen LogP contribution in [0.15, 0.2) is 53.4 Å². The quantitative estimate of drug-likeness (QED) is 0.625. The van der Waals surface area contributed by atoms with E-state index in [9.17, 15) is 14.0 Å². The Morgan fingerprint density at radius 3 is 2.60 bits per heavy atom. The first-order valence-electron chi connectivity index (χ1n) is 9.61. The highest BCUT2D eigenvalue weighted by Gasteiger charge is 2.28. The van der Waals surface area contributed by atoms with Gasteiger partial charge in [-0.2, -0.15) is 5.10 Å². The van der Waals surface area contributed by atoms with E-state index in [2.05, 4.69) is 10.4 Å². The lowest BCUT2D eigenvalue weighted by Crippen LogP contribution is -2.18. The number of nitrogens with zero attached hydrogens (tertiary/aromatic N) is 3. The fourth-order valence-corrected chi connectivity index (χ4v) is 4.21. The Kier molecular flexibility index (Phi) is 5.59. The van der Waals surface area contributed by atoms with Crippen molar-refractivity contribution in [3.8, 4) is 5.69 Å². The first-order valence-corrected chi connectivity index (χ1v) is 10.4. The lowest BCUT2D eigenvalue weighted by atomic mass is 10.2. The van der Waals surface area contributed by atoms with Gasteiger partial charge in [0.15, 0.2) is 5.69 Å². The van der Waals surface area contributed by atoms with Gasteiger partial charge in [-0.1, -0.05) is 24.3 Å². The number of benzene rings is 2. The maximum atomic E-state index is 14.3. The van der Waals surface area contributed by atoms with Crippen LogP contribution in [0.1, 0.15) is 28.2 Å². The molecule has 1 N–H and O–H groups in total. The molecule has 1 aliphatic carbocycles. The van der Waals surface area contributed by atoms with E-state index in [1.54, 1.807) is 55.2 Å². The molecule has 1 aromatic heterocycles. The van der Waals surface area contributed by atoms with Gasteiger partial charge in [0.25, 0.3) is 11.1 Å². The second-order valence-electron chi connectivity index (χ2n) is 7.20. The standard InChI is InChI=1S/C22H21FN4O2S/c1-26(2)22(29)30-19-13-6-4-10-16(19)24-21(28)20-14-8-7-12-17(14)27(25-20)18-11-5-3-9-15(18)23/h3-6,9-11,13H,7-8,12H2,1-2H3,(H,24,28). The molecule has 0 atom stereocenters. The molecule has 0 bridgehead atoms. The molecule has 6 nitrogen and oxygen atoms in total. The number of para-hydroxylation sites is 2. The van der Waals surface area contributed by atoms with E-state index in [0.717, 1.165) is 42.3 Å². The second-order valence-corrected chi connectivity index (χ2v) is 8.20. The van der Waals surface area contributed by atoms with E-state index in [1.807, 2.05) is 6.07 Å². The first-order chi connectivity index (χ1) is 14.5. The summed E-state index contributed by atoms with van der Waals surface area (Å²) in [6, 6.07) is 13.5. The Morgan fingerprint density at radius 1 is 1.10 bits per heavy atom. The lowest BCUT2D eigenvalue weighted by molar-refractivity contribution is 0.102. The Hall–Kier alpha value is -3.13. The van der Waals surface area contributed by atoms with E-state index in [-0.39, 0.29) is 17.0 Å².